The molecule has 3 unspecified atom stereocenters. The lowest BCUT2D eigenvalue weighted by molar-refractivity contribution is -0.187. The van der Waals surface area contributed by atoms with E-state index in [1.165, 1.54) is 0 Å². The first-order valence-electron chi connectivity index (χ1n) is 8.91. The largest absolute Gasteiger partial charge is 0.391 e. The molecule has 0 aliphatic heterocycles. The maximum atomic E-state index is 13.1. The van der Waals surface area contributed by atoms with Crippen molar-refractivity contribution in [1.82, 2.24) is 4.90 Å². The molecule has 3 atom stereocenters. The molecule has 3 rings (SSSR count). The molecule has 0 N–H and O–H groups in total. The second kappa shape index (κ2) is 7.18. The summed E-state index contributed by atoms with van der Waals surface area (Å²) in [6.07, 6.45) is -1.25. The predicted molar refractivity (Wildman–Crippen MR) is 91.2 cm³/mol. The molecule has 2 nitrogen and oxygen atoms in total. The lowest BCUT2D eigenvalue weighted by atomic mass is 9.80. The summed E-state index contributed by atoms with van der Waals surface area (Å²) in [7, 11) is 0. The summed E-state index contributed by atoms with van der Waals surface area (Å²) < 4.78 is 39.2. The minimum atomic E-state index is -4.20. The van der Waals surface area contributed by atoms with Crippen LogP contribution in [0.5, 0.6) is 0 Å². The third kappa shape index (κ3) is 4.30. The Kier molecular flexibility index (Phi) is 5.33. The number of hydrogen-bond acceptors (Lipinski definition) is 1. The number of rotatable bonds is 4. The van der Waals surface area contributed by atoms with Gasteiger partial charge in [0.05, 0.1) is 12.0 Å². The molecule has 0 bridgehead atoms. The first-order chi connectivity index (χ1) is 11.8. The fraction of sp³-hybridized carbons (Fsp3) is 0.632. The van der Waals surface area contributed by atoms with Crippen molar-refractivity contribution in [2.24, 2.45) is 11.8 Å². The zero-order chi connectivity index (χ0) is 18.2. The van der Waals surface area contributed by atoms with Crippen LogP contribution in [0.2, 0.25) is 5.02 Å². The van der Waals surface area contributed by atoms with Gasteiger partial charge in [0, 0.05) is 17.0 Å². The number of carbonyl (C=O) groups is 1. The standard InChI is InChI=1S/C19H23ClF3NO/c1-12(13-5-7-16(20)8-6-13)24(17-9-10-17)18(25)14-3-2-4-15(11-14)19(21,22)23/h5-8,12,14-15,17H,2-4,9-11H2,1H3. The highest BCUT2D eigenvalue weighted by Gasteiger charge is 2.46. The molecule has 0 aromatic heterocycles. The molecule has 6 heteroatoms. The highest BCUT2D eigenvalue weighted by molar-refractivity contribution is 6.30. The summed E-state index contributed by atoms with van der Waals surface area (Å²) >= 11 is 5.93. The van der Waals surface area contributed by atoms with Crippen molar-refractivity contribution in [3.8, 4) is 0 Å². The van der Waals surface area contributed by atoms with E-state index in [9.17, 15) is 18.0 Å². The molecule has 2 aliphatic carbocycles. The Bertz CT molecular complexity index is 612. The van der Waals surface area contributed by atoms with Gasteiger partial charge in [-0.15, -0.1) is 0 Å². The van der Waals surface area contributed by atoms with Gasteiger partial charge in [0.1, 0.15) is 0 Å². The molecule has 0 heterocycles. The Balaban J connectivity index is 1.76. The summed E-state index contributed by atoms with van der Waals surface area (Å²) in [5.41, 5.74) is 0.966. The molecule has 2 aliphatic rings. The molecule has 138 valence electrons. The van der Waals surface area contributed by atoms with E-state index in [2.05, 4.69) is 0 Å². The van der Waals surface area contributed by atoms with Gasteiger partial charge in [-0.3, -0.25) is 4.79 Å². The van der Waals surface area contributed by atoms with E-state index >= 15 is 0 Å². The molecule has 1 aromatic carbocycles. The minimum Gasteiger partial charge on any atom is -0.333 e. The Labute approximate surface area is 151 Å². The second-order valence-electron chi connectivity index (χ2n) is 7.31. The lowest BCUT2D eigenvalue weighted by Crippen LogP contribution is -2.42. The summed E-state index contributed by atoms with van der Waals surface area (Å²) in [4.78, 5) is 14.9. The average Bonchev–Trinajstić information content (AvgIpc) is 3.39. The maximum Gasteiger partial charge on any atom is 0.391 e. The molecule has 0 saturated heterocycles. The number of alkyl halides is 3. The van der Waals surface area contributed by atoms with Crippen LogP contribution in [0.15, 0.2) is 24.3 Å². The van der Waals surface area contributed by atoms with Crippen LogP contribution in [0, 0.1) is 11.8 Å². The van der Waals surface area contributed by atoms with Gasteiger partial charge >= 0.3 is 6.18 Å². The van der Waals surface area contributed by atoms with Crippen LogP contribution in [0.25, 0.3) is 0 Å². The Morgan fingerprint density at radius 2 is 1.80 bits per heavy atom. The number of hydrogen-bond donors (Lipinski definition) is 0. The molecular formula is C19H23ClF3NO. The van der Waals surface area contributed by atoms with Crippen molar-refractivity contribution in [2.45, 2.75) is 63.7 Å². The average molecular weight is 374 g/mol. The Hall–Kier alpha value is -1.23. The third-order valence-electron chi connectivity index (χ3n) is 5.45. The topological polar surface area (TPSA) is 20.3 Å². The SMILES string of the molecule is CC(c1ccc(Cl)cc1)N(C(=O)C1CCCC(C(F)(F)F)C1)C1CC1. The summed E-state index contributed by atoms with van der Waals surface area (Å²) in [5.74, 6) is -1.98. The van der Waals surface area contributed by atoms with Crippen molar-refractivity contribution >= 4 is 17.5 Å². The van der Waals surface area contributed by atoms with Crippen LogP contribution < -0.4 is 0 Å². The lowest BCUT2D eigenvalue weighted by Gasteiger charge is -2.36. The van der Waals surface area contributed by atoms with Gasteiger partial charge in [-0.05, 0) is 56.7 Å². The van der Waals surface area contributed by atoms with Gasteiger partial charge in [0.25, 0.3) is 0 Å². The van der Waals surface area contributed by atoms with Crippen LogP contribution in [-0.2, 0) is 4.79 Å². The van der Waals surface area contributed by atoms with Gasteiger partial charge in [0.15, 0.2) is 0 Å². The van der Waals surface area contributed by atoms with Crippen molar-refractivity contribution in [3.63, 3.8) is 0 Å². The number of nitrogens with zero attached hydrogens (tertiary/aromatic N) is 1. The van der Waals surface area contributed by atoms with E-state index in [4.69, 9.17) is 11.6 Å². The normalized spacial score (nSPS) is 25.5. The van der Waals surface area contributed by atoms with Gasteiger partial charge in [-0.2, -0.15) is 13.2 Å². The summed E-state index contributed by atoms with van der Waals surface area (Å²) in [6.45, 7) is 1.95. The van der Waals surface area contributed by atoms with Crippen molar-refractivity contribution in [1.29, 1.82) is 0 Å². The third-order valence-corrected chi connectivity index (χ3v) is 5.70. The summed E-state index contributed by atoms with van der Waals surface area (Å²) in [5, 5.41) is 0.626. The van der Waals surface area contributed by atoms with E-state index in [1.807, 2.05) is 24.0 Å². The van der Waals surface area contributed by atoms with Crippen LogP contribution in [-0.4, -0.2) is 23.0 Å². The highest BCUT2D eigenvalue weighted by Crippen LogP contribution is 2.43. The highest BCUT2D eigenvalue weighted by atomic mass is 35.5. The van der Waals surface area contributed by atoms with Gasteiger partial charge in [0.2, 0.25) is 5.91 Å². The Morgan fingerprint density at radius 3 is 2.36 bits per heavy atom. The molecule has 2 fully saturated rings. The van der Waals surface area contributed by atoms with Crippen LogP contribution in [0.4, 0.5) is 13.2 Å². The van der Waals surface area contributed by atoms with E-state index < -0.39 is 18.0 Å². The number of benzene rings is 1. The smallest absolute Gasteiger partial charge is 0.333 e. The van der Waals surface area contributed by atoms with Crippen LogP contribution >= 0.6 is 11.6 Å². The minimum absolute atomic E-state index is 0.0705. The molecule has 1 aromatic rings. The van der Waals surface area contributed by atoms with Gasteiger partial charge < -0.3 is 4.90 Å². The fourth-order valence-electron chi connectivity index (χ4n) is 3.86. The predicted octanol–water partition coefficient (Wildman–Crippen LogP) is 5.76. The second-order valence-corrected chi connectivity index (χ2v) is 7.74. The summed E-state index contributed by atoms with van der Waals surface area (Å²) in [6, 6.07) is 7.34. The molecule has 0 radical (unpaired) electrons. The van der Waals surface area contributed by atoms with Crippen molar-refractivity contribution < 1.29 is 18.0 Å². The number of halogens is 4. The quantitative estimate of drug-likeness (QED) is 0.657. The van der Waals surface area contributed by atoms with E-state index in [0.717, 1.165) is 18.4 Å². The zero-order valence-corrected chi connectivity index (χ0v) is 15.0. The number of amides is 1. The molecule has 25 heavy (non-hydrogen) atoms. The van der Waals surface area contributed by atoms with E-state index in [-0.39, 0.29) is 30.8 Å². The fourth-order valence-corrected chi connectivity index (χ4v) is 3.99. The van der Waals surface area contributed by atoms with Crippen LogP contribution in [0.3, 0.4) is 0 Å². The van der Waals surface area contributed by atoms with Crippen molar-refractivity contribution in [3.05, 3.63) is 34.9 Å². The molecule has 2 saturated carbocycles. The van der Waals surface area contributed by atoms with Crippen molar-refractivity contribution in [2.75, 3.05) is 0 Å². The van der Waals surface area contributed by atoms with Gasteiger partial charge in [-0.25, -0.2) is 0 Å². The monoisotopic (exact) mass is 373 g/mol. The van der Waals surface area contributed by atoms with Gasteiger partial charge in [-0.1, -0.05) is 30.2 Å². The molecular weight excluding hydrogens is 351 g/mol. The Morgan fingerprint density at radius 1 is 1.16 bits per heavy atom. The number of carbonyl (C=O) groups excluding carboxylic acids is 1. The molecule has 0 spiro atoms. The molecule has 1 amide bonds. The zero-order valence-electron chi connectivity index (χ0n) is 14.2. The van der Waals surface area contributed by atoms with E-state index in [0.29, 0.717) is 17.9 Å². The first kappa shape index (κ1) is 18.6. The van der Waals surface area contributed by atoms with Crippen LogP contribution in [0.1, 0.15) is 57.1 Å². The first-order valence-corrected chi connectivity index (χ1v) is 9.29. The maximum absolute atomic E-state index is 13.1. The van der Waals surface area contributed by atoms with E-state index in [1.54, 1.807) is 12.1 Å².